The molecule has 0 saturated carbocycles. The van der Waals surface area contributed by atoms with E-state index in [2.05, 4.69) is 20.0 Å². The zero-order valence-corrected chi connectivity index (χ0v) is 12.4. The van der Waals surface area contributed by atoms with Crippen LogP contribution in [0.4, 0.5) is 5.69 Å². The van der Waals surface area contributed by atoms with Crippen molar-refractivity contribution in [2.75, 3.05) is 11.8 Å². The Morgan fingerprint density at radius 3 is 2.52 bits per heavy atom. The lowest BCUT2D eigenvalue weighted by atomic mass is 10.2. The number of anilines is 1. The van der Waals surface area contributed by atoms with Crippen molar-refractivity contribution >= 4 is 33.2 Å². The molecule has 1 aromatic carbocycles. The van der Waals surface area contributed by atoms with Gasteiger partial charge in [0.1, 0.15) is 4.90 Å². The Hall–Kier alpha value is -2.19. The van der Waals surface area contributed by atoms with Crippen LogP contribution in [0.25, 0.3) is 0 Å². The average molecular weight is 327 g/mol. The Morgan fingerprint density at radius 2 is 1.90 bits per heavy atom. The molecule has 2 aromatic rings. The molecule has 0 unspecified atom stereocenters. The smallest absolute Gasteiger partial charge is 0.264 e. The van der Waals surface area contributed by atoms with Crippen LogP contribution in [0.2, 0.25) is 5.28 Å². The number of aromatic nitrogens is 2. The molecule has 0 bridgehead atoms. The van der Waals surface area contributed by atoms with Gasteiger partial charge < -0.3 is 5.32 Å². The van der Waals surface area contributed by atoms with Gasteiger partial charge in [-0.1, -0.05) is 6.07 Å². The molecule has 1 heterocycles. The van der Waals surface area contributed by atoms with Crippen LogP contribution in [0.5, 0.6) is 0 Å². The van der Waals surface area contributed by atoms with Crippen molar-refractivity contribution in [2.24, 2.45) is 0 Å². The Morgan fingerprint density at radius 1 is 1.24 bits per heavy atom. The van der Waals surface area contributed by atoms with E-state index in [1.54, 1.807) is 12.1 Å². The van der Waals surface area contributed by atoms with Crippen LogP contribution < -0.4 is 10.0 Å². The maximum absolute atomic E-state index is 12.1. The summed E-state index contributed by atoms with van der Waals surface area (Å²) in [6, 6.07) is 6.09. The molecule has 0 aliphatic heterocycles. The third-order valence-corrected chi connectivity index (χ3v) is 4.04. The topological polar surface area (TPSA) is 101 Å². The lowest BCUT2D eigenvalue weighted by Crippen LogP contribution is -2.18. The van der Waals surface area contributed by atoms with Gasteiger partial charge in [0.15, 0.2) is 0 Å². The lowest BCUT2D eigenvalue weighted by Gasteiger charge is -2.08. The predicted octanol–water partition coefficient (Wildman–Crippen LogP) is 1.29. The first-order valence-electron chi connectivity index (χ1n) is 5.75. The van der Waals surface area contributed by atoms with Gasteiger partial charge in [-0.3, -0.25) is 9.52 Å². The molecule has 1 aromatic heterocycles. The highest BCUT2D eigenvalue weighted by atomic mass is 35.5. The number of carbonyl (C=O) groups excluding carboxylic acids is 1. The van der Waals surface area contributed by atoms with Gasteiger partial charge in [0.2, 0.25) is 5.28 Å². The van der Waals surface area contributed by atoms with Gasteiger partial charge >= 0.3 is 0 Å². The second kappa shape index (κ2) is 6.06. The van der Waals surface area contributed by atoms with E-state index in [0.29, 0.717) is 5.56 Å². The first kappa shape index (κ1) is 15.2. The molecule has 0 saturated heterocycles. The highest BCUT2D eigenvalue weighted by molar-refractivity contribution is 7.92. The van der Waals surface area contributed by atoms with Crippen molar-refractivity contribution in [2.45, 2.75) is 4.90 Å². The van der Waals surface area contributed by atoms with Gasteiger partial charge in [0.25, 0.3) is 15.9 Å². The third-order valence-electron chi connectivity index (χ3n) is 2.51. The number of halogens is 1. The minimum atomic E-state index is -3.84. The van der Waals surface area contributed by atoms with Crippen LogP contribution in [0.1, 0.15) is 10.4 Å². The molecular formula is C12H11ClN4O3S. The molecule has 0 spiro atoms. The molecule has 0 radical (unpaired) electrons. The molecule has 1 amide bonds. The number of nitrogens with zero attached hydrogens (tertiary/aromatic N) is 2. The quantitative estimate of drug-likeness (QED) is 0.824. The Labute approximate surface area is 126 Å². The van der Waals surface area contributed by atoms with E-state index in [9.17, 15) is 13.2 Å². The van der Waals surface area contributed by atoms with Gasteiger partial charge in [-0.05, 0) is 29.8 Å². The summed E-state index contributed by atoms with van der Waals surface area (Å²) in [5, 5.41) is 2.41. The van der Waals surface area contributed by atoms with Crippen molar-refractivity contribution in [3.63, 3.8) is 0 Å². The van der Waals surface area contributed by atoms with Crippen LogP contribution in [-0.2, 0) is 10.0 Å². The second-order valence-electron chi connectivity index (χ2n) is 3.95. The first-order valence-corrected chi connectivity index (χ1v) is 7.61. The van der Waals surface area contributed by atoms with Gasteiger partial charge in [0.05, 0.1) is 12.4 Å². The summed E-state index contributed by atoms with van der Waals surface area (Å²) in [4.78, 5) is 18.6. The van der Waals surface area contributed by atoms with Crippen LogP contribution in [0, 0.1) is 0 Å². The average Bonchev–Trinajstić information content (AvgIpc) is 2.46. The number of nitrogens with one attached hydrogen (secondary N) is 2. The summed E-state index contributed by atoms with van der Waals surface area (Å²) >= 11 is 5.51. The van der Waals surface area contributed by atoms with Crippen molar-refractivity contribution in [1.82, 2.24) is 15.3 Å². The molecule has 9 heteroatoms. The summed E-state index contributed by atoms with van der Waals surface area (Å²) in [6.45, 7) is 0. The van der Waals surface area contributed by atoms with E-state index >= 15 is 0 Å². The highest BCUT2D eigenvalue weighted by Gasteiger charge is 2.16. The van der Waals surface area contributed by atoms with Crippen molar-refractivity contribution < 1.29 is 13.2 Å². The Balaban J connectivity index is 2.28. The van der Waals surface area contributed by atoms with Gasteiger partial charge in [-0.25, -0.2) is 18.4 Å². The molecule has 0 atom stereocenters. The molecular weight excluding hydrogens is 316 g/mol. The zero-order chi connectivity index (χ0) is 15.5. The summed E-state index contributed by atoms with van der Waals surface area (Å²) in [7, 11) is -2.35. The molecule has 0 aliphatic carbocycles. The normalized spacial score (nSPS) is 11.0. The summed E-state index contributed by atoms with van der Waals surface area (Å²) in [5.41, 5.74) is 0.594. The number of hydrogen-bond donors (Lipinski definition) is 2. The number of hydrogen-bond acceptors (Lipinski definition) is 5. The predicted molar refractivity (Wildman–Crippen MR) is 77.7 cm³/mol. The highest BCUT2D eigenvalue weighted by Crippen LogP contribution is 2.16. The van der Waals surface area contributed by atoms with E-state index in [-0.39, 0.29) is 21.8 Å². The fourth-order valence-corrected chi connectivity index (χ4v) is 2.56. The monoisotopic (exact) mass is 326 g/mol. The van der Waals surface area contributed by atoms with E-state index in [0.717, 1.165) is 12.4 Å². The molecule has 0 fully saturated rings. The standard InChI is InChI=1S/C12H11ClN4O3S/c1-14-11(18)8-3-2-4-9(5-8)17-21(19,20)10-6-15-12(13)16-7-10/h2-7,17H,1H3,(H,14,18). The van der Waals surface area contributed by atoms with Gasteiger partial charge in [-0.15, -0.1) is 0 Å². The van der Waals surface area contributed by atoms with E-state index in [1.165, 1.54) is 19.2 Å². The van der Waals surface area contributed by atoms with E-state index in [1.807, 2.05) is 0 Å². The minimum absolute atomic E-state index is 0.0458. The number of rotatable bonds is 4. The number of amides is 1. The summed E-state index contributed by atoms with van der Waals surface area (Å²) < 4.78 is 26.6. The Bertz CT molecular complexity index is 762. The zero-order valence-electron chi connectivity index (χ0n) is 10.9. The number of sulfonamides is 1. The van der Waals surface area contributed by atoms with E-state index < -0.39 is 10.0 Å². The maximum Gasteiger partial charge on any atom is 0.264 e. The van der Waals surface area contributed by atoms with Crippen molar-refractivity contribution in [3.05, 3.63) is 47.5 Å². The SMILES string of the molecule is CNC(=O)c1cccc(NS(=O)(=O)c2cnc(Cl)nc2)c1. The minimum Gasteiger partial charge on any atom is -0.355 e. The van der Waals surface area contributed by atoms with Gasteiger partial charge in [0, 0.05) is 18.3 Å². The molecule has 2 N–H and O–H groups in total. The molecule has 2 rings (SSSR count). The van der Waals surface area contributed by atoms with Crippen molar-refractivity contribution in [3.8, 4) is 0 Å². The summed E-state index contributed by atoms with van der Waals surface area (Å²) in [5.74, 6) is -0.314. The second-order valence-corrected chi connectivity index (χ2v) is 5.97. The van der Waals surface area contributed by atoms with E-state index in [4.69, 9.17) is 11.6 Å². The molecule has 7 nitrogen and oxygen atoms in total. The lowest BCUT2D eigenvalue weighted by molar-refractivity contribution is 0.0963. The van der Waals surface area contributed by atoms with Gasteiger partial charge in [-0.2, -0.15) is 0 Å². The van der Waals surface area contributed by atoms with Crippen LogP contribution in [0.15, 0.2) is 41.6 Å². The summed E-state index contributed by atoms with van der Waals surface area (Å²) in [6.07, 6.45) is 2.19. The third kappa shape index (κ3) is 3.67. The Kier molecular flexibility index (Phi) is 4.39. The number of carbonyl (C=O) groups is 1. The van der Waals surface area contributed by atoms with Crippen molar-refractivity contribution in [1.29, 1.82) is 0 Å². The van der Waals surface area contributed by atoms with Crippen LogP contribution >= 0.6 is 11.6 Å². The fraction of sp³-hybridized carbons (Fsp3) is 0.0833. The fourth-order valence-electron chi connectivity index (χ4n) is 1.52. The maximum atomic E-state index is 12.1. The van der Waals surface area contributed by atoms with Crippen LogP contribution in [-0.4, -0.2) is 31.3 Å². The first-order chi connectivity index (χ1) is 9.92. The largest absolute Gasteiger partial charge is 0.355 e. The molecule has 21 heavy (non-hydrogen) atoms. The van der Waals surface area contributed by atoms with Crippen LogP contribution in [0.3, 0.4) is 0 Å². The molecule has 110 valence electrons. The number of benzene rings is 1. The molecule has 0 aliphatic rings.